The molecule has 0 spiro atoms. The first-order chi connectivity index (χ1) is 13.7. The second-order valence-corrected chi connectivity index (χ2v) is 6.21. The summed E-state index contributed by atoms with van der Waals surface area (Å²) in [6.45, 7) is 0.217. The van der Waals surface area contributed by atoms with E-state index in [9.17, 15) is 9.59 Å². The highest BCUT2D eigenvalue weighted by Gasteiger charge is 2.12. The Morgan fingerprint density at radius 2 is 1.57 bits per heavy atom. The molecule has 5 heteroatoms. The molecule has 0 fully saturated rings. The summed E-state index contributed by atoms with van der Waals surface area (Å²) in [6, 6.07) is 21.3. The summed E-state index contributed by atoms with van der Waals surface area (Å²) in [5.74, 6) is 1.06. The molecule has 0 aromatic heterocycles. The van der Waals surface area contributed by atoms with Crippen LogP contribution in [0.25, 0.3) is 6.08 Å². The van der Waals surface area contributed by atoms with Gasteiger partial charge in [0.05, 0.1) is 0 Å². The van der Waals surface area contributed by atoms with E-state index in [1.165, 1.54) is 6.08 Å². The van der Waals surface area contributed by atoms with E-state index >= 15 is 0 Å². The quantitative estimate of drug-likeness (QED) is 0.527. The number of benzene rings is 3. The van der Waals surface area contributed by atoms with Gasteiger partial charge in [0, 0.05) is 16.8 Å². The molecule has 0 radical (unpaired) electrons. The summed E-state index contributed by atoms with van der Waals surface area (Å²) in [4.78, 5) is 24.5. The van der Waals surface area contributed by atoms with Crippen molar-refractivity contribution in [2.75, 3.05) is 12.1 Å². The predicted molar refractivity (Wildman–Crippen MR) is 107 cm³/mol. The van der Waals surface area contributed by atoms with Gasteiger partial charge in [-0.15, -0.1) is 0 Å². The van der Waals surface area contributed by atoms with Crippen LogP contribution >= 0.6 is 0 Å². The molecule has 3 aromatic carbocycles. The van der Waals surface area contributed by atoms with Crippen molar-refractivity contribution < 1.29 is 19.1 Å². The number of hydrogen-bond acceptors (Lipinski definition) is 4. The number of ketones is 1. The molecule has 4 rings (SSSR count). The summed E-state index contributed by atoms with van der Waals surface area (Å²) in [6.07, 6.45) is 3.24. The Bertz CT molecular complexity index is 1040. The molecule has 5 nitrogen and oxygen atoms in total. The van der Waals surface area contributed by atoms with Gasteiger partial charge in [0.15, 0.2) is 17.3 Å². The van der Waals surface area contributed by atoms with E-state index in [4.69, 9.17) is 9.47 Å². The zero-order valence-electron chi connectivity index (χ0n) is 14.9. The van der Waals surface area contributed by atoms with Crippen LogP contribution in [0.15, 0.2) is 78.9 Å². The van der Waals surface area contributed by atoms with Crippen molar-refractivity contribution in [3.8, 4) is 11.5 Å². The first kappa shape index (κ1) is 17.5. The van der Waals surface area contributed by atoms with E-state index in [0.29, 0.717) is 28.3 Å². The van der Waals surface area contributed by atoms with Gasteiger partial charge in [-0.05, 0) is 60.2 Å². The number of amides is 1. The van der Waals surface area contributed by atoms with Crippen molar-refractivity contribution >= 4 is 23.5 Å². The van der Waals surface area contributed by atoms with Crippen LogP contribution in [0.1, 0.15) is 26.3 Å². The maximum absolute atomic E-state index is 12.4. The fourth-order valence-corrected chi connectivity index (χ4v) is 2.80. The molecule has 138 valence electrons. The van der Waals surface area contributed by atoms with Gasteiger partial charge in [-0.1, -0.05) is 30.3 Å². The molecule has 1 N–H and O–H groups in total. The number of fused-ring (bicyclic) bond motifs is 1. The molecule has 28 heavy (non-hydrogen) atoms. The Kier molecular flexibility index (Phi) is 4.89. The molecule has 1 heterocycles. The maximum Gasteiger partial charge on any atom is 0.255 e. The lowest BCUT2D eigenvalue weighted by atomic mass is 10.1. The van der Waals surface area contributed by atoms with Gasteiger partial charge in [-0.25, -0.2) is 0 Å². The summed E-state index contributed by atoms with van der Waals surface area (Å²) < 4.78 is 10.6. The lowest BCUT2D eigenvalue weighted by molar-refractivity contribution is 0.102. The number of nitrogens with one attached hydrogen (secondary N) is 1. The summed E-state index contributed by atoms with van der Waals surface area (Å²) in [5.41, 5.74) is 2.60. The zero-order valence-corrected chi connectivity index (χ0v) is 14.9. The van der Waals surface area contributed by atoms with E-state index in [2.05, 4.69) is 5.32 Å². The van der Waals surface area contributed by atoms with Crippen molar-refractivity contribution in [2.24, 2.45) is 0 Å². The van der Waals surface area contributed by atoms with Crippen LogP contribution in [0.2, 0.25) is 0 Å². The smallest absolute Gasteiger partial charge is 0.255 e. The normalized spacial score (nSPS) is 12.1. The fourth-order valence-electron chi connectivity index (χ4n) is 2.80. The van der Waals surface area contributed by atoms with Crippen molar-refractivity contribution in [3.05, 3.63) is 95.6 Å². The van der Waals surface area contributed by atoms with E-state index in [1.54, 1.807) is 42.5 Å². The minimum absolute atomic E-state index is 0.126. The number of allylic oxidation sites excluding steroid dienone is 1. The third kappa shape index (κ3) is 3.94. The number of carbonyl (C=O) groups excluding carboxylic acids is 2. The molecule has 0 unspecified atom stereocenters. The zero-order chi connectivity index (χ0) is 19.3. The molecular weight excluding hydrogens is 354 g/mol. The average Bonchev–Trinajstić information content (AvgIpc) is 3.21. The molecule has 3 aromatic rings. The number of hydrogen-bond donors (Lipinski definition) is 1. The average molecular weight is 371 g/mol. The molecule has 1 aliphatic rings. The van der Waals surface area contributed by atoms with Crippen LogP contribution in [0, 0.1) is 0 Å². The first-order valence-electron chi connectivity index (χ1n) is 8.77. The summed E-state index contributed by atoms with van der Waals surface area (Å²) >= 11 is 0. The van der Waals surface area contributed by atoms with E-state index < -0.39 is 0 Å². The van der Waals surface area contributed by atoms with Gasteiger partial charge < -0.3 is 14.8 Å². The molecule has 0 saturated carbocycles. The van der Waals surface area contributed by atoms with E-state index in [1.807, 2.05) is 36.4 Å². The Labute approximate surface area is 162 Å². The molecular formula is C23H17NO4. The molecule has 1 aliphatic heterocycles. The van der Waals surface area contributed by atoms with Gasteiger partial charge in [-0.3, -0.25) is 9.59 Å². The molecule has 1 amide bonds. The maximum atomic E-state index is 12.4. The van der Waals surface area contributed by atoms with Gasteiger partial charge in [0.25, 0.3) is 5.91 Å². The van der Waals surface area contributed by atoms with Crippen LogP contribution in [-0.4, -0.2) is 18.5 Å². The molecule has 0 aliphatic carbocycles. The van der Waals surface area contributed by atoms with Crippen molar-refractivity contribution in [1.29, 1.82) is 0 Å². The molecule has 0 atom stereocenters. The van der Waals surface area contributed by atoms with Crippen LogP contribution in [0.3, 0.4) is 0 Å². The monoisotopic (exact) mass is 371 g/mol. The molecule has 0 saturated heterocycles. The third-order valence-corrected chi connectivity index (χ3v) is 4.29. The Hall–Kier alpha value is -3.86. The Morgan fingerprint density at radius 1 is 0.821 bits per heavy atom. The van der Waals surface area contributed by atoms with Crippen LogP contribution < -0.4 is 14.8 Å². The van der Waals surface area contributed by atoms with Crippen molar-refractivity contribution in [2.45, 2.75) is 0 Å². The number of anilines is 1. The fraction of sp³-hybridized carbons (Fsp3) is 0.0435. The topological polar surface area (TPSA) is 64.6 Å². The minimum Gasteiger partial charge on any atom is -0.454 e. The van der Waals surface area contributed by atoms with Crippen molar-refractivity contribution in [3.63, 3.8) is 0 Å². The lowest BCUT2D eigenvalue weighted by Gasteiger charge is -2.05. The van der Waals surface area contributed by atoms with Gasteiger partial charge in [0.2, 0.25) is 6.79 Å². The largest absolute Gasteiger partial charge is 0.454 e. The minimum atomic E-state index is -0.192. The standard InChI is InChI=1S/C23H17NO4/c25-20(12-6-16-7-13-21-22(14-16)28-15-27-21)17-8-10-19(11-9-17)24-23(26)18-4-2-1-3-5-18/h1-14H,15H2,(H,24,26)/b12-6+. The number of carbonyl (C=O) groups is 2. The summed E-state index contributed by atoms with van der Waals surface area (Å²) in [7, 11) is 0. The highest BCUT2D eigenvalue weighted by molar-refractivity contribution is 6.08. The first-order valence-corrected chi connectivity index (χ1v) is 8.77. The SMILES string of the molecule is O=C(/C=C/c1ccc2c(c1)OCO2)c1ccc(NC(=O)c2ccccc2)cc1. The Balaban J connectivity index is 1.40. The summed E-state index contributed by atoms with van der Waals surface area (Å²) in [5, 5.41) is 2.81. The van der Waals surface area contributed by atoms with Crippen LogP contribution in [0.4, 0.5) is 5.69 Å². The predicted octanol–water partition coefficient (Wildman–Crippen LogP) is 4.56. The van der Waals surface area contributed by atoms with Gasteiger partial charge in [0.1, 0.15) is 0 Å². The van der Waals surface area contributed by atoms with Gasteiger partial charge in [-0.2, -0.15) is 0 Å². The number of rotatable bonds is 5. The van der Waals surface area contributed by atoms with Crippen molar-refractivity contribution in [1.82, 2.24) is 0 Å². The van der Waals surface area contributed by atoms with Gasteiger partial charge >= 0.3 is 0 Å². The lowest BCUT2D eigenvalue weighted by Crippen LogP contribution is -2.11. The Morgan fingerprint density at radius 3 is 2.36 bits per heavy atom. The second kappa shape index (κ2) is 7.80. The van der Waals surface area contributed by atoms with Crippen LogP contribution in [-0.2, 0) is 0 Å². The molecule has 0 bridgehead atoms. The number of ether oxygens (including phenoxy) is 2. The highest BCUT2D eigenvalue weighted by Crippen LogP contribution is 2.32. The highest BCUT2D eigenvalue weighted by atomic mass is 16.7. The van der Waals surface area contributed by atoms with E-state index in [0.717, 1.165) is 5.56 Å². The second-order valence-electron chi connectivity index (χ2n) is 6.21. The van der Waals surface area contributed by atoms with Crippen LogP contribution in [0.5, 0.6) is 11.5 Å². The third-order valence-electron chi connectivity index (χ3n) is 4.29. The van der Waals surface area contributed by atoms with E-state index in [-0.39, 0.29) is 18.5 Å².